The van der Waals surface area contributed by atoms with Crippen molar-refractivity contribution >= 4 is 28.2 Å². The maximum absolute atomic E-state index is 12.7. The molecule has 8 heteroatoms. The van der Waals surface area contributed by atoms with Crippen LogP contribution in [0.4, 0.5) is 5.69 Å². The zero-order valence-corrected chi connectivity index (χ0v) is 14.4. The minimum Gasteiger partial charge on any atom is -0.504 e. The van der Waals surface area contributed by atoms with Crippen molar-refractivity contribution in [3.8, 4) is 11.5 Å². The smallest absolute Gasteiger partial charge is 0.270 e. The number of ether oxygens (including phenoxy) is 1. The number of phenolic OH excluding ortho intramolecular Hbond substituents is 1. The Morgan fingerprint density at radius 2 is 2.11 bits per heavy atom. The molecular formula is C19H15N3O5. The number of phenols is 1. The number of nitrogens with zero attached hydrogens (tertiary/aromatic N) is 3. The molecule has 0 aliphatic carbocycles. The van der Waals surface area contributed by atoms with E-state index in [1.165, 1.54) is 29.9 Å². The van der Waals surface area contributed by atoms with Crippen molar-refractivity contribution in [2.24, 2.45) is 0 Å². The zero-order valence-electron chi connectivity index (χ0n) is 14.4. The molecule has 27 heavy (non-hydrogen) atoms. The van der Waals surface area contributed by atoms with Crippen molar-refractivity contribution < 1.29 is 14.8 Å². The lowest BCUT2D eigenvalue weighted by Gasteiger charge is -2.06. The van der Waals surface area contributed by atoms with Crippen molar-refractivity contribution in [2.45, 2.75) is 13.0 Å². The number of allylic oxidation sites excluding steroid dienone is 1. The average Bonchev–Trinajstić information content (AvgIpc) is 3.04. The lowest BCUT2D eigenvalue weighted by molar-refractivity contribution is -0.384. The van der Waals surface area contributed by atoms with Crippen LogP contribution in [-0.4, -0.2) is 26.7 Å². The molecule has 0 bridgehead atoms. The summed E-state index contributed by atoms with van der Waals surface area (Å²) in [6.07, 6.45) is 2.47. The molecule has 0 unspecified atom stereocenters. The van der Waals surface area contributed by atoms with Gasteiger partial charge in [0.25, 0.3) is 11.2 Å². The second-order valence-corrected chi connectivity index (χ2v) is 6.20. The molecule has 3 aromatic rings. The number of nitro groups is 1. The van der Waals surface area contributed by atoms with Crippen molar-refractivity contribution in [1.82, 2.24) is 9.55 Å². The Morgan fingerprint density at radius 1 is 1.30 bits per heavy atom. The van der Waals surface area contributed by atoms with Crippen LogP contribution in [0.5, 0.6) is 11.5 Å². The third-order valence-corrected chi connectivity index (χ3v) is 4.58. The fourth-order valence-electron chi connectivity index (χ4n) is 3.25. The van der Waals surface area contributed by atoms with E-state index in [1.54, 1.807) is 18.2 Å². The molecule has 1 aliphatic rings. The Hall–Kier alpha value is -3.68. The number of aromatic hydroxyl groups is 1. The molecule has 1 aromatic heterocycles. The summed E-state index contributed by atoms with van der Waals surface area (Å²) in [6, 6.07) is 9.14. The zero-order chi connectivity index (χ0) is 19.1. The molecule has 0 spiro atoms. The van der Waals surface area contributed by atoms with Crippen molar-refractivity contribution in [2.75, 3.05) is 7.11 Å². The van der Waals surface area contributed by atoms with Crippen LogP contribution in [0, 0.1) is 10.1 Å². The van der Waals surface area contributed by atoms with Crippen LogP contribution in [0.1, 0.15) is 17.8 Å². The topological polar surface area (TPSA) is 107 Å². The number of benzene rings is 2. The number of rotatable bonds is 3. The fourth-order valence-corrected chi connectivity index (χ4v) is 3.25. The molecule has 0 saturated carbocycles. The van der Waals surface area contributed by atoms with Gasteiger partial charge < -0.3 is 9.84 Å². The third-order valence-electron chi connectivity index (χ3n) is 4.58. The van der Waals surface area contributed by atoms with E-state index in [2.05, 4.69) is 4.98 Å². The van der Waals surface area contributed by atoms with E-state index in [9.17, 15) is 20.0 Å². The Bertz CT molecular complexity index is 1180. The molecule has 1 aliphatic heterocycles. The van der Waals surface area contributed by atoms with Gasteiger partial charge in [-0.2, -0.15) is 0 Å². The first-order valence-electron chi connectivity index (χ1n) is 8.25. The number of aromatic nitrogens is 2. The lowest BCUT2D eigenvalue weighted by Crippen LogP contribution is -2.20. The second kappa shape index (κ2) is 6.24. The van der Waals surface area contributed by atoms with Crippen molar-refractivity contribution in [3.05, 3.63) is 68.3 Å². The molecule has 2 heterocycles. The van der Waals surface area contributed by atoms with Crippen LogP contribution in [0.3, 0.4) is 0 Å². The van der Waals surface area contributed by atoms with Crippen LogP contribution in [-0.2, 0) is 6.54 Å². The van der Waals surface area contributed by atoms with Gasteiger partial charge in [-0.15, -0.1) is 0 Å². The first-order valence-corrected chi connectivity index (χ1v) is 8.25. The van der Waals surface area contributed by atoms with Crippen LogP contribution >= 0.6 is 0 Å². The Kier molecular flexibility index (Phi) is 3.88. The molecule has 0 radical (unpaired) electrons. The average molecular weight is 365 g/mol. The Labute approximate surface area is 153 Å². The van der Waals surface area contributed by atoms with Gasteiger partial charge >= 0.3 is 0 Å². The van der Waals surface area contributed by atoms with Crippen LogP contribution < -0.4 is 10.3 Å². The highest BCUT2D eigenvalue weighted by molar-refractivity contribution is 5.86. The molecule has 1 N–H and O–H groups in total. The summed E-state index contributed by atoms with van der Waals surface area (Å²) in [7, 11) is 1.48. The van der Waals surface area contributed by atoms with E-state index in [0.717, 1.165) is 11.1 Å². The van der Waals surface area contributed by atoms with Gasteiger partial charge in [-0.1, -0.05) is 6.07 Å². The van der Waals surface area contributed by atoms with E-state index in [0.29, 0.717) is 30.1 Å². The quantitative estimate of drug-likeness (QED) is 0.565. The van der Waals surface area contributed by atoms with Crippen LogP contribution in [0.25, 0.3) is 22.6 Å². The minimum absolute atomic E-state index is 0.0287. The fraction of sp³-hybridized carbons (Fsp3) is 0.158. The monoisotopic (exact) mass is 365 g/mol. The van der Waals surface area contributed by atoms with Gasteiger partial charge in [0, 0.05) is 18.7 Å². The van der Waals surface area contributed by atoms with E-state index >= 15 is 0 Å². The standard InChI is InChI=1S/C19H15N3O5/c1-27-17-5-2-11(9-16(17)23)8-12-6-7-21-18(12)20-15-4-3-13(22(25)26)10-14(15)19(21)24/h2-5,8-10,23H,6-7H2,1H3/b12-8+. The Balaban J connectivity index is 1.83. The molecule has 0 saturated heterocycles. The van der Waals surface area contributed by atoms with Crippen LogP contribution in [0.2, 0.25) is 0 Å². The number of fused-ring (bicyclic) bond motifs is 2. The first-order chi connectivity index (χ1) is 13.0. The highest BCUT2D eigenvalue weighted by Gasteiger charge is 2.22. The first kappa shape index (κ1) is 16.8. The van der Waals surface area contributed by atoms with Gasteiger partial charge in [-0.05, 0) is 41.8 Å². The summed E-state index contributed by atoms with van der Waals surface area (Å²) in [5.41, 5.74) is 1.61. The predicted molar refractivity (Wildman–Crippen MR) is 99.8 cm³/mol. The van der Waals surface area contributed by atoms with Gasteiger partial charge in [0.15, 0.2) is 11.5 Å². The summed E-state index contributed by atoms with van der Waals surface area (Å²) in [5.74, 6) is 0.948. The van der Waals surface area contributed by atoms with E-state index in [4.69, 9.17) is 4.74 Å². The number of hydrogen-bond donors (Lipinski definition) is 1. The van der Waals surface area contributed by atoms with Crippen molar-refractivity contribution in [3.63, 3.8) is 0 Å². The van der Waals surface area contributed by atoms with Gasteiger partial charge in [0.2, 0.25) is 0 Å². The van der Waals surface area contributed by atoms with E-state index in [-0.39, 0.29) is 22.4 Å². The molecule has 0 amide bonds. The molecule has 8 nitrogen and oxygen atoms in total. The number of non-ortho nitro benzene ring substituents is 1. The molecule has 4 rings (SSSR count). The van der Waals surface area contributed by atoms with E-state index in [1.807, 2.05) is 6.08 Å². The summed E-state index contributed by atoms with van der Waals surface area (Å²) in [4.78, 5) is 27.7. The van der Waals surface area contributed by atoms with Gasteiger partial charge in [0.1, 0.15) is 5.82 Å². The molecular weight excluding hydrogens is 350 g/mol. The van der Waals surface area contributed by atoms with Crippen molar-refractivity contribution in [1.29, 1.82) is 0 Å². The van der Waals surface area contributed by atoms with Gasteiger partial charge in [-0.25, -0.2) is 4.98 Å². The molecule has 136 valence electrons. The largest absolute Gasteiger partial charge is 0.504 e. The number of nitro benzene ring substituents is 1. The highest BCUT2D eigenvalue weighted by atomic mass is 16.6. The van der Waals surface area contributed by atoms with Gasteiger partial charge in [-0.3, -0.25) is 19.5 Å². The number of hydrogen-bond acceptors (Lipinski definition) is 6. The minimum atomic E-state index is -0.530. The molecule has 0 atom stereocenters. The summed E-state index contributed by atoms with van der Waals surface area (Å²) < 4.78 is 6.57. The molecule has 0 fully saturated rings. The number of methoxy groups -OCH3 is 1. The summed E-state index contributed by atoms with van der Waals surface area (Å²) >= 11 is 0. The summed E-state index contributed by atoms with van der Waals surface area (Å²) in [6.45, 7) is 0.452. The summed E-state index contributed by atoms with van der Waals surface area (Å²) in [5, 5.41) is 21.1. The normalized spacial score (nSPS) is 14.5. The van der Waals surface area contributed by atoms with Crippen LogP contribution in [0.15, 0.2) is 41.2 Å². The maximum Gasteiger partial charge on any atom is 0.270 e. The van der Waals surface area contributed by atoms with E-state index < -0.39 is 4.92 Å². The lowest BCUT2D eigenvalue weighted by atomic mass is 10.1. The SMILES string of the molecule is COc1ccc(/C=C2\CCn3c2nc2ccc([N+](=O)[O-])cc2c3=O)cc1O. The molecule has 2 aromatic carbocycles. The third kappa shape index (κ3) is 2.80. The Morgan fingerprint density at radius 3 is 2.81 bits per heavy atom. The predicted octanol–water partition coefficient (Wildman–Crippen LogP) is 2.96. The second-order valence-electron chi connectivity index (χ2n) is 6.20. The highest BCUT2D eigenvalue weighted by Crippen LogP contribution is 2.31. The van der Waals surface area contributed by atoms with Gasteiger partial charge in [0.05, 0.1) is 22.9 Å². The maximum atomic E-state index is 12.7.